The van der Waals surface area contributed by atoms with Gasteiger partial charge in [-0.1, -0.05) is 6.07 Å². The first-order valence-corrected chi connectivity index (χ1v) is 10.2. The normalized spacial score (nSPS) is 10.3. The highest BCUT2D eigenvalue weighted by Gasteiger charge is 2.18. The number of nitriles is 1. The van der Waals surface area contributed by atoms with E-state index in [9.17, 15) is 4.79 Å². The molecule has 0 radical (unpaired) electrons. The Labute approximate surface area is 195 Å². The van der Waals surface area contributed by atoms with Crippen LogP contribution in [0.5, 0.6) is 5.75 Å². The van der Waals surface area contributed by atoms with Gasteiger partial charge >= 0.3 is 0 Å². The van der Waals surface area contributed by atoms with E-state index in [0.717, 1.165) is 0 Å². The van der Waals surface area contributed by atoms with Crippen LogP contribution in [-0.4, -0.2) is 44.8 Å². The molecule has 0 unspecified atom stereocenters. The molecule has 0 atom stereocenters. The van der Waals surface area contributed by atoms with Gasteiger partial charge in [-0.25, -0.2) is 15.0 Å². The van der Waals surface area contributed by atoms with Gasteiger partial charge in [-0.3, -0.25) is 9.48 Å². The number of carbonyl (C=O) groups is 1. The van der Waals surface area contributed by atoms with Crippen LogP contribution in [0.2, 0.25) is 0 Å². The fraction of sp³-hybridized carbons (Fsp3) is 0.130. The van der Waals surface area contributed by atoms with E-state index in [-0.39, 0.29) is 5.91 Å². The molecule has 11 nitrogen and oxygen atoms in total. The Balaban J connectivity index is 1.71. The zero-order valence-corrected chi connectivity index (χ0v) is 18.7. The molecule has 1 aromatic carbocycles. The monoisotopic (exact) mass is 455 g/mol. The van der Waals surface area contributed by atoms with Crippen LogP contribution in [-0.2, 0) is 7.05 Å². The van der Waals surface area contributed by atoms with E-state index in [2.05, 4.69) is 36.0 Å². The van der Waals surface area contributed by atoms with Crippen LogP contribution >= 0.6 is 0 Å². The van der Waals surface area contributed by atoms with Crippen molar-refractivity contribution in [2.24, 2.45) is 7.05 Å². The number of carbonyl (C=O) groups excluding carboxylic acids is 1. The number of aryl methyl sites for hydroxylation is 1. The molecule has 3 aromatic heterocycles. The average molecular weight is 455 g/mol. The fourth-order valence-electron chi connectivity index (χ4n) is 3.25. The number of benzene rings is 1. The van der Waals surface area contributed by atoms with Gasteiger partial charge in [-0.15, -0.1) is 0 Å². The van der Waals surface area contributed by atoms with Gasteiger partial charge < -0.3 is 20.7 Å². The first-order chi connectivity index (χ1) is 16.5. The number of anilines is 4. The molecule has 1 amide bonds. The number of hydrogen-bond donors (Lipinski definition) is 3. The maximum atomic E-state index is 12.5. The number of rotatable bonds is 7. The van der Waals surface area contributed by atoms with Crippen molar-refractivity contribution in [2.75, 3.05) is 24.8 Å². The van der Waals surface area contributed by atoms with Crippen LogP contribution in [0.1, 0.15) is 15.9 Å². The second-order valence-electron chi connectivity index (χ2n) is 7.12. The molecule has 0 saturated heterocycles. The molecule has 3 heterocycles. The quantitative estimate of drug-likeness (QED) is 0.383. The predicted molar refractivity (Wildman–Crippen MR) is 126 cm³/mol. The van der Waals surface area contributed by atoms with Crippen LogP contribution < -0.4 is 20.7 Å². The van der Waals surface area contributed by atoms with Crippen molar-refractivity contribution in [3.8, 4) is 23.2 Å². The van der Waals surface area contributed by atoms with E-state index in [1.807, 2.05) is 24.3 Å². The van der Waals surface area contributed by atoms with Crippen molar-refractivity contribution < 1.29 is 9.53 Å². The third-order valence-corrected chi connectivity index (χ3v) is 4.85. The summed E-state index contributed by atoms with van der Waals surface area (Å²) in [4.78, 5) is 25.3. The number of methoxy groups -OCH3 is 1. The van der Waals surface area contributed by atoms with E-state index in [1.165, 1.54) is 12.4 Å². The molecule has 0 bridgehead atoms. The van der Waals surface area contributed by atoms with Crippen molar-refractivity contribution in [1.29, 1.82) is 5.26 Å². The summed E-state index contributed by atoms with van der Waals surface area (Å²) in [7, 11) is 4.89. The predicted octanol–water partition coefficient (Wildman–Crippen LogP) is 3.00. The molecule has 0 aliphatic carbocycles. The molecule has 34 heavy (non-hydrogen) atoms. The molecular formula is C23H21N9O2. The number of nitrogens with one attached hydrogen (secondary N) is 3. The molecule has 0 fully saturated rings. The summed E-state index contributed by atoms with van der Waals surface area (Å²) in [6.45, 7) is 0. The molecule has 11 heteroatoms. The summed E-state index contributed by atoms with van der Waals surface area (Å²) < 4.78 is 7.27. The summed E-state index contributed by atoms with van der Waals surface area (Å²) in [5.41, 5.74) is 2.60. The van der Waals surface area contributed by atoms with Crippen molar-refractivity contribution >= 4 is 28.9 Å². The Morgan fingerprint density at radius 2 is 1.88 bits per heavy atom. The second kappa shape index (κ2) is 9.66. The van der Waals surface area contributed by atoms with Gasteiger partial charge in [0.1, 0.15) is 24.0 Å². The number of ether oxygens (including phenoxy) is 1. The molecule has 4 aromatic rings. The minimum atomic E-state index is -0.306. The van der Waals surface area contributed by atoms with Crippen molar-refractivity contribution in [2.45, 2.75) is 0 Å². The zero-order valence-electron chi connectivity index (χ0n) is 18.7. The van der Waals surface area contributed by atoms with E-state index < -0.39 is 0 Å². The lowest BCUT2D eigenvalue weighted by atomic mass is 10.1. The van der Waals surface area contributed by atoms with E-state index in [0.29, 0.717) is 51.3 Å². The van der Waals surface area contributed by atoms with Crippen LogP contribution in [0.15, 0.2) is 55.1 Å². The van der Waals surface area contributed by atoms with Crippen molar-refractivity contribution in [3.05, 3.63) is 66.2 Å². The van der Waals surface area contributed by atoms with E-state index in [4.69, 9.17) is 10.00 Å². The topological polar surface area (TPSA) is 143 Å². The molecule has 0 aliphatic heterocycles. The smallest absolute Gasteiger partial charge is 0.254 e. The zero-order chi connectivity index (χ0) is 24.1. The maximum Gasteiger partial charge on any atom is 0.254 e. The summed E-state index contributed by atoms with van der Waals surface area (Å²) >= 11 is 0. The van der Waals surface area contributed by atoms with Gasteiger partial charge in [0.15, 0.2) is 11.6 Å². The highest BCUT2D eigenvalue weighted by molar-refractivity contribution is 6.00. The number of hydrogen-bond acceptors (Lipinski definition) is 9. The second-order valence-corrected chi connectivity index (χ2v) is 7.12. The molecule has 4 rings (SSSR count). The Kier molecular flexibility index (Phi) is 6.31. The van der Waals surface area contributed by atoms with Crippen LogP contribution in [0.25, 0.3) is 11.4 Å². The van der Waals surface area contributed by atoms with Gasteiger partial charge in [-0.05, 0) is 24.3 Å². The average Bonchev–Trinajstić information content (AvgIpc) is 3.30. The lowest BCUT2D eigenvalue weighted by Gasteiger charge is -2.17. The Hall–Kier alpha value is -4.98. The summed E-state index contributed by atoms with van der Waals surface area (Å²) in [5.74, 6) is 1.69. The Morgan fingerprint density at radius 1 is 1.06 bits per heavy atom. The maximum absolute atomic E-state index is 12.5. The highest BCUT2D eigenvalue weighted by Crippen LogP contribution is 2.37. The standard InChI is InChI=1S/C23H21N9O2/c1-25-23(33)16-12-27-20(30-19-8-7-14(10-24)11-26-19)9-18(16)29-17-6-4-5-15(21(17)34-3)22-28-13-32(2)31-22/h4-9,11-13H,1-3H3,(H,25,33)(H2,26,27,29,30). The molecular weight excluding hydrogens is 434 g/mol. The molecule has 0 spiro atoms. The van der Waals surface area contributed by atoms with E-state index >= 15 is 0 Å². The van der Waals surface area contributed by atoms with Crippen LogP contribution in [0.3, 0.4) is 0 Å². The lowest BCUT2D eigenvalue weighted by Crippen LogP contribution is -2.19. The van der Waals surface area contributed by atoms with Gasteiger partial charge in [0.25, 0.3) is 5.91 Å². The minimum absolute atomic E-state index is 0.306. The summed E-state index contributed by atoms with van der Waals surface area (Å²) in [6, 6.07) is 12.6. The lowest BCUT2D eigenvalue weighted by molar-refractivity contribution is 0.0963. The van der Waals surface area contributed by atoms with E-state index in [1.54, 1.807) is 50.4 Å². The summed E-state index contributed by atoms with van der Waals surface area (Å²) in [6.07, 6.45) is 4.53. The summed E-state index contributed by atoms with van der Waals surface area (Å²) in [5, 5.41) is 22.3. The first kappa shape index (κ1) is 22.2. The number of pyridine rings is 2. The molecule has 0 saturated carbocycles. The van der Waals surface area contributed by atoms with Gasteiger partial charge in [-0.2, -0.15) is 10.4 Å². The minimum Gasteiger partial charge on any atom is -0.494 e. The number of nitrogens with zero attached hydrogens (tertiary/aromatic N) is 6. The molecule has 0 aliphatic rings. The number of aromatic nitrogens is 5. The van der Waals surface area contributed by atoms with Crippen LogP contribution in [0, 0.1) is 11.3 Å². The Morgan fingerprint density at radius 3 is 2.53 bits per heavy atom. The van der Waals surface area contributed by atoms with Crippen molar-refractivity contribution in [1.82, 2.24) is 30.0 Å². The third kappa shape index (κ3) is 4.61. The third-order valence-electron chi connectivity index (χ3n) is 4.85. The first-order valence-electron chi connectivity index (χ1n) is 10.2. The van der Waals surface area contributed by atoms with Gasteiger partial charge in [0.2, 0.25) is 0 Å². The molecule has 170 valence electrons. The highest BCUT2D eigenvalue weighted by atomic mass is 16.5. The van der Waals surface area contributed by atoms with Crippen molar-refractivity contribution in [3.63, 3.8) is 0 Å². The SMILES string of the molecule is CNC(=O)c1cnc(Nc2ccc(C#N)cn2)cc1Nc1cccc(-c2ncn(C)n2)c1OC. The fourth-order valence-corrected chi connectivity index (χ4v) is 3.25. The van der Waals surface area contributed by atoms with Gasteiger partial charge in [0, 0.05) is 32.6 Å². The number of para-hydroxylation sites is 1. The largest absolute Gasteiger partial charge is 0.494 e. The van der Waals surface area contributed by atoms with Crippen LogP contribution in [0.4, 0.5) is 23.0 Å². The molecule has 3 N–H and O–H groups in total. The Bertz CT molecular complexity index is 1370. The number of amides is 1. The van der Waals surface area contributed by atoms with Gasteiger partial charge in [0.05, 0.1) is 35.2 Å².